The zero-order valence-electron chi connectivity index (χ0n) is 10.1. The summed E-state index contributed by atoms with van der Waals surface area (Å²) >= 11 is 0. The third kappa shape index (κ3) is 2.94. The molecule has 0 unspecified atom stereocenters. The van der Waals surface area contributed by atoms with E-state index < -0.39 is 0 Å². The molecule has 0 aliphatic heterocycles. The van der Waals surface area contributed by atoms with E-state index in [2.05, 4.69) is 15.4 Å². The van der Waals surface area contributed by atoms with Crippen molar-refractivity contribution in [3.8, 4) is 0 Å². The standard InChI is InChI=1S/C12H18N4O/c1-10-6-5-8-16-11(10)14-12(15-16)13-7-3-2-4-9-17/h5-6,8,17H,2-4,7,9H2,1H3,(H,13,15). The molecular formula is C12H18N4O. The van der Waals surface area contributed by atoms with Gasteiger partial charge in [-0.05, 0) is 37.8 Å². The van der Waals surface area contributed by atoms with E-state index in [1.807, 2.05) is 25.3 Å². The van der Waals surface area contributed by atoms with Crippen molar-refractivity contribution < 1.29 is 5.11 Å². The Balaban J connectivity index is 1.93. The van der Waals surface area contributed by atoms with Crippen molar-refractivity contribution in [1.82, 2.24) is 14.6 Å². The Morgan fingerprint density at radius 1 is 1.35 bits per heavy atom. The second-order valence-electron chi connectivity index (χ2n) is 4.11. The van der Waals surface area contributed by atoms with E-state index in [-0.39, 0.29) is 6.61 Å². The Labute approximate surface area is 100 Å². The number of hydrogen-bond donors (Lipinski definition) is 2. The van der Waals surface area contributed by atoms with Gasteiger partial charge in [-0.2, -0.15) is 4.98 Å². The summed E-state index contributed by atoms with van der Waals surface area (Å²) in [5.41, 5.74) is 2.01. The molecule has 2 heterocycles. The maximum Gasteiger partial charge on any atom is 0.243 e. The minimum Gasteiger partial charge on any atom is -0.396 e. The molecule has 2 aromatic rings. The summed E-state index contributed by atoms with van der Waals surface area (Å²) < 4.78 is 1.78. The first-order valence-electron chi connectivity index (χ1n) is 5.98. The minimum atomic E-state index is 0.270. The molecule has 0 saturated carbocycles. The van der Waals surface area contributed by atoms with Crippen LogP contribution in [0.4, 0.5) is 5.95 Å². The molecule has 0 amide bonds. The monoisotopic (exact) mass is 234 g/mol. The van der Waals surface area contributed by atoms with Crippen molar-refractivity contribution in [3.05, 3.63) is 23.9 Å². The number of nitrogens with zero attached hydrogens (tertiary/aromatic N) is 3. The van der Waals surface area contributed by atoms with E-state index in [9.17, 15) is 0 Å². The van der Waals surface area contributed by atoms with Crippen LogP contribution in [0.5, 0.6) is 0 Å². The first kappa shape index (κ1) is 11.9. The Morgan fingerprint density at radius 3 is 3.00 bits per heavy atom. The van der Waals surface area contributed by atoms with Gasteiger partial charge in [0.25, 0.3) is 0 Å². The van der Waals surface area contributed by atoms with Gasteiger partial charge in [0, 0.05) is 19.3 Å². The molecule has 0 radical (unpaired) electrons. The molecule has 0 aliphatic rings. The summed E-state index contributed by atoms with van der Waals surface area (Å²) in [5.74, 6) is 0.670. The molecule has 17 heavy (non-hydrogen) atoms. The first-order chi connectivity index (χ1) is 8.31. The Morgan fingerprint density at radius 2 is 2.24 bits per heavy atom. The van der Waals surface area contributed by atoms with Crippen LogP contribution < -0.4 is 5.32 Å². The number of fused-ring (bicyclic) bond motifs is 1. The molecule has 0 bridgehead atoms. The highest BCUT2D eigenvalue weighted by molar-refractivity contribution is 5.49. The Hall–Kier alpha value is -1.62. The normalized spacial score (nSPS) is 10.9. The lowest BCUT2D eigenvalue weighted by Gasteiger charge is -1.99. The van der Waals surface area contributed by atoms with Crippen molar-refractivity contribution in [2.75, 3.05) is 18.5 Å². The quantitative estimate of drug-likeness (QED) is 0.745. The van der Waals surface area contributed by atoms with Crippen molar-refractivity contribution in [2.24, 2.45) is 0 Å². The van der Waals surface area contributed by atoms with E-state index in [0.29, 0.717) is 5.95 Å². The molecule has 2 aromatic heterocycles. The fourth-order valence-corrected chi connectivity index (χ4v) is 1.73. The molecular weight excluding hydrogens is 216 g/mol. The van der Waals surface area contributed by atoms with Crippen LogP contribution in [0.2, 0.25) is 0 Å². The van der Waals surface area contributed by atoms with Crippen LogP contribution in [-0.4, -0.2) is 32.9 Å². The van der Waals surface area contributed by atoms with Crippen LogP contribution in [0, 0.1) is 6.92 Å². The zero-order valence-corrected chi connectivity index (χ0v) is 10.1. The smallest absolute Gasteiger partial charge is 0.243 e. The van der Waals surface area contributed by atoms with Gasteiger partial charge in [-0.15, -0.1) is 5.10 Å². The number of aliphatic hydroxyl groups excluding tert-OH is 1. The molecule has 92 valence electrons. The molecule has 0 spiro atoms. The molecule has 5 heteroatoms. The fourth-order valence-electron chi connectivity index (χ4n) is 1.73. The van der Waals surface area contributed by atoms with Crippen LogP contribution in [-0.2, 0) is 0 Å². The van der Waals surface area contributed by atoms with E-state index in [1.165, 1.54) is 0 Å². The van der Waals surface area contributed by atoms with Gasteiger partial charge in [0.15, 0.2) is 5.65 Å². The van der Waals surface area contributed by atoms with Crippen LogP contribution in [0.1, 0.15) is 24.8 Å². The summed E-state index contributed by atoms with van der Waals surface area (Å²) in [7, 11) is 0. The largest absolute Gasteiger partial charge is 0.396 e. The molecule has 0 atom stereocenters. The van der Waals surface area contributed by atoms with E-state index in [4.69, 9.17) is 5.11 Å². The van der Waals surface area contributed by atoms with Gasteiger partial charge in [0.2, 0.25) is 5.95 Å². The van der Waals surface area contributed by atoms with Crippen molar-refractivity contribution in [3.63, 3.8) is 0 Å². The van der Waals surface area contributed by atoms with Crippen LogP contribution >= 0.6 is 0 Å². The second kappa shape index (κ2) is 5.63. The third-order valence-corrected chi connectivity index (χ3v) is 2.68. The second-order valence-corrected chi connectivity index (χ2v) is 4.11. The lowest BCUT2D eigenvalue weighted by atomic mass is 10.2. The molecule has 5 nitrogen and oxygen atoms in total. The predicted octanol–water partition coefficient (Wildman–Crippen LogP) is 1.61. The molecule has 0 saturated heterocycles. The Kier molecular flexibility index (Phi) is 3.93. The minimum absolute atomic E-state index is 0.270. The summed E-state index contributed by atoms with van der Waals surface area (Å²) in [5, 5.41) is 16.2. The maximum atomic E-state index is 8.66. The van der Waals surface area contributed by atoms with Gasteiger partial charge in [-0.25, -0.2) is 4.52 Å². The van der Waals surface area contributed by atoms with Crippen molar-refractivity contribution >= 4 is 11.6 Å². The number of aliphatic hydroxyl groups is 1. The molecule has 0 fully saturated rings. The first-order valence-corrected chi connectivity index (χ1v) is 5.98. The number of nitrogens with one attached hydrogen (secondary N) is 1. The van der Waals surface area contributed by atoms with Gasteiger partial charge < -0.3 is 10.4 Å². The summed E-state index contributed by atoms with van der Waals surface area (Å²) in [4.78, 5) is 4.42. The van der Waals surface area contributed by atoms with Crippen LogP contribution in [0.25, 0.3) is 5.65 Å². The number of hydrogen-bond acceptors (Lipinski definition) is 4. The highest BCUT2D eigenvalue weighted by atomic mass is 16.2. The highest BCUT2D eigenvalue weighted by Gasteiger charge is 2.03. The number of anilines is 1. The van der Waals surface area contributed by atoms with Gasteiger partial charge in [0.1, 0.15) is 0 Å². The highest BCUT2D eigenvalue weighted by Crippen LogP contribution is 2.09. The number of rotatable bonds is 6. The van der Waals surface area contributed by atoms with E-state index >= 15 is 0 Å². The molecule has 2 rings (SSSR count). The summed E-state index contributed by atoms with van der Waals surface area (Å²) in [6.45, 7) is 3.14. The topological polar surface area (TPSA) is 62.5 Å². The average Bonchev–Trinajstić information content (AvgIpc) is 2.73. The summed E-state index contributed by atoms with van der Waals surface area (Å²) in [6.07, 6.45) is 4.80. The van der Waals surface area contributed by atoms with E-state index in [0.717, 1.165) is 37.0 Å². The number of aryl methyl sites for hydroxylation is 1. The molecule has 2 N–H and O–H groups in total. The van der Waals surface area contributed by atoms with Crippen molar-refractivity contribution in [2.45, 2.75) is 26.2 Å². The Bertz CT molecular complexity index is 480. The average molecular weight is 234 g/mol. The summed E-state index contributed by atoms with van der Waals surface area (Å²) in [6, 6.07) is 3.98. The van der Waals surface area contributed by atoms with Crippen LogP contribution in [0.3, 0.4) is 0 Å². The van der Waals surface area contributed by atoms with Crippen molar-refractivity contribution in [1.29, 1.82) is 0 Å². The van der Waals surface area contributed by atoms with Gasteiger partial charge >= 0.3 is 0 Å². The lowest BCUT2D eigenvalue weighted by Crippen LogP contribution is -2.03. The maximum absolute atomic E-state index is 8.66. The van der Waals surface area contributed by atoms with E-state index in [1.54, 1.807) is 4.52 Å². The molecule has 0 aliphatic carbocycles. The third-order valence-electron chi connectivity index (χ3n) is 2.68. The zero-order chi connectivity index (χ0) is 12.1. The number of unbranched alkanes of at least 4 members (excludes halogenated alkanes) is 2. The van der Waals surface area contributed by atoms with Crippen LogP contribution in [0.15, 0.2) is 18.3 Å². The SMILES string of the molecule is Cc1cccn2nc(NCCCCCO)nc12. The van der Waals surface area contributed by atoms with Gasteiger partial charge in [-0.3, -0.25) is 0 Å². The number of aromatic nitrogens is 3. The number of pyridine rings is 1. The van der Waals surface area contributed by atoms with Gasteiger partial charge in [0.05, 0.1) is 0 Å². The predicted molar refractivity (Wildman–Crippen MR) is 67.2 cm³/mol. The van der Waals surface area contributed by atoms with Gasteiger partial charge in [-0.1, -0.05) is 6.07 Å². The lowest BCUT2D eigenvalue weighted by molar-refractivity contribution is 0.283. The molecule has 0 aromatic carbocycles. The fraction of sp³-hybridized carbons (Fsp3) is 0.500.